The van der Waals surface area contributed by atoms with Gasteiger partial charge in [-0.2, -0.15) is 5.26 Å². The molecule has 0 aliphatic rings. The highest BCUT2D eigenvalue weighted by Gasteiger charge is 2.19. The lowest BCUT2D eigenvalue weighted by atomic mass is 10.1. The zero-order valence-corrected chi connectivity index (χ0v) is 8.22. The maximum Gasteiger partial charge on any atom is 0.377 e. The predicted octanol–water partition coefficient (Wildman–Crippen LogP) is 0.540. The summed E-state index contributed by atoms with van der Waals surface area (Å²) in [5.41, 5.74) is -0.442. The molecule has 2 N–H and O–H groups in total. The Morgan fingerprint density at radius 2 is 2.06 bits per heavy atom. The Morgan fingerprint density at radius 1 is 1.44 bits per heavy atom. The number of methoxy groups -OCH3 is 1. The van der Waals surface area contributed by atoms with Gasteiger partial charge < -0.3 is 14.9 Å². The summed E-state index contributed by atoms with van der Waals surface area (Å²) in [5, 5.41) is 26.6. The van der Waals surface area contributed by atoms with E-state index < -0.39 is 17.5 Å². The summed E-state index contributed by atoms with van der Waals surface area (Å²) in [6.45, 7) is 0. The van der Waals surface area contributed by atoms with Gasteiger partial charge in [0.05, 0.1) is 12.7 Å². The molecule has 82 valence electrons. The molecule has 1 aromatic rings. The molecule has 0 saturated heterocycles. The van der Waals surface area contributed by atoms with Crippen molar-refractivity contribution in [3.63, 3.8) is 0 Å². The number of carbonyl (C=O) groups is 2. The number of rotatable bonds is 3. The molecule has 0 amide bonds. The van der Waals surface area contributed by atoms with E-state index in [1.165, 1.54) is 7.11 Å². The minimum Gasteiger partial charge on any atom is -0.503 e. The van der Waals surface area contributed by atoms with E-state index in [1.807, 2.05) is 0 Å². The fourth-order valence-corrected chi connectivity index (χ4v) is 1.10. The van der Waals surface area contributed by atoms with Crippen molar-refractivity contribution < 1.29 is 24.5 Å². The van der Waals surface area contributed by atoms with Gasteiger partial charge in [0.1, 0.15) is 6.07 Å². The van der Waals surface area contributed by atoms with Crippen molar-refractivity contribution in [1.29, 1.82) is 5.26 Å². The zero-order valence-electron chi connectivity index (χ0n) is 8.22. The molecule has 0 aromatic heterocycles. The number of benzene rings is 1. The van der Waals surface area contributed by atoms with Gasteiger partial charge in [-0.05, 0) is 12.1 Å². The number of hydrogen-bond acceptors (Lipinski definition) is 5. The number of hydrogen-bond donors (Lipinski definition) is 2. The molecule has 0 radical (unpaired) electrons. The Bertz CT molecular complexity index is 501. The summed E-state index contributed by atoms with van der Waals surface area (Å²) in [6.07, 6.45) is 0. The van der Waals surface area contributed by atoms with Crippen LogP contribution in [0.15, 0.2) is 12.1 Å². The number of carboxylic acids is 1. The lowest BCUT2D eigenvalue weighted by Crippen LogP contribution is -2.13. The summed E-state index contributed by atoms with van der Waals surface area (Å²) >= 11 is 0. The number of carboxylic acid groups (broad SMARTS) is 1. The molecule has 0 spiro atoms. The molecule has 1 aromatic carbocycles. The van der Waals surface area contributed by atoms with Gasteiger partial charge in [-0.1, -0.05) is 0 Å². The van der Waals surface area contributed by atoms with Gasteiger partial charge in [0, 0.05) is 5.56 Å². The third-order valence-corrected chi connectivity index (χ3v) is 1.87. The molecular formula is C10H7NO5. The molecule has 0 heterocycles. The molecule has 6 heteroatoms. The van der Waals surface area contributed by atoms with Crippen LogP contribution in [-0.2, 0) is 4.79 Å². The summed E-state index contributed by atoms with van der Waals surface area (Å²) in [4.78, 5) is 21.6. The number of aromatic hydroxyl groups is 1. The van der Waals surface area contributed by atoms with E-state index in [9.17, 15) is 14.7 Å². The van der Waals surface area contributed by atoms with Gasteiger partial charge in [-0.25, -0.2) is 4.79 Å². The van der Waals surface area contributed by atoms with Crippen LogP contribution in [0.2, 0.25) is 0 Å². The second-order valence-corrected chi connectivity index (χ2v) is 2.82. The van der Waals surface area contributed by atoms with Gasteiger partial charge in [0.2, 0.25) is 0 Å². The number of ether oxygens (including phenoxy) is 1. The van der Waals surface area contributed by atoms with E-state index >= 15 is 0 Å². The van der Waals surface area contributed by atoms with E-state index in [0.717, 1.165) is 12.1 Å². The number of phenolic OH excluding ortho intramolecular Hbond substituents is 1. The van der Waals surface area contributed by atoms with Gasteiger partial charge in [0.15, 0.2) is 11.5 Å². The molecule has 0 unspecified atom stereocenters. The van der Waals surface area contributed by atoms with Gasteiger partial charge in [0.25, 0.3) is 5.78 Å². The number of phenols is 1. The number of nitriles is 1. The Balaban J connectivity index is 3.40. The highest BCUT2D eigenvalue weighted by Crippen LogP contribution is 2.31. The Hall–Kier alpha value is -2.55. The average molecular weight is 221 g/mol. The first kappa shape index (κ1) is 11.5. The van der Waals surface area contributed by atoms with Crippen LogP contribution >= 0.6 is 0 Å². The van der Waals surface area contributed by atoms with Crippen molar-refractivity contribution in [2.24, 2.45) is 0 Å². The Labute approximate surface area is 90.3 Å². The molecule has 6 nitrogen and oxygen atoms in total. The minimum absolute atomic E-state index is 0.122. The van der Waals surface area contributed by atoms with Gasteiger partial charge in [-0.15, -0.1) is 0 Å². The fourth-order valence-electron chi connectivity index (χ4n) is 1.10. The van der Waals surface area contributed by atoms with Crippen molar-refractivity contribution in [2.45, 2.75) is 0 Å². The van der Waals surface area contributed by atoms with E-state index in [2.05, 4.69) is 0 Å². The monoisotopic (exact) mass is 221 g/mol. The summed E-state index contributed by atoms with van der Waals surface area (Å²) in [7, 11) is 1.23. The maximum atomic E-state index is 11.1. The number of aliphatic carboxylic acids is 1. The number of nitrogens with zero attached hydrogens (tertiary/aromatic N) is 1. The first-order valence-electron chi connectivity index (χ1n) is 4.10. The van der Waals surface area contributed by atoms with E-state index in [-0.39, 0.29) is 16.9 Å². The molecule has 0 saturated carbocycles. The van der Waals surface area contributed by atoms with Crippen molar-refractivity contribution in [2.75, 3.05) is 7.11 Å². The summed E-state index contributed by atoms with van der Waals surface area (Å²) in [6, 6.07) is 3.69. The van der Waals surface area contributed by atoms with Crippen LogP contribution < -0.4 is 4.74 Å². The largest absolute Gasteiger partial charge is 0.503 e. The van der Waals surface area contributed by atoms with Gasteiger partial charge in [-0.3, -0.25) is 4.79 Å². The zero-order chi connectivity index (χ0) is 12.3. The molecular weight excluding hydrogens is 214 g/mol. The molecule has 0 bridgehead atoms. The minimum atomic E-state index is -1.64. The normalized spacial score (nSPS) is 9.25. The van der Waals surface area contributed by atoms with Gasteiger partial charge >= 0.3 is 5.97 Å². The van der Waals surface area contributed by atoms with Crippen molar-refractivity contribution in [1.82, 2.24) is 0 Å². The standard InChI is InChI=1S/C10H7NO5/c1-16-7-3-5(9(13)10(14)15)2-6(4-11)8(7)12/h2-3,12H,1H3,(H,14,15). The topological polar surface area (TPSA) is 108 Å². The van der Waals surface area contributed by atoms with Crippen molar-refractivity contribution in [3.05, 3.63) is 23.3 Å². The van der Waals surface area contributed by atoms with Crippen LogP contribution in [0.25, 0.3) is 0 Å². The average Bonchev–Trinajstić information content (AvgIpc) is 2.28. The summed E-state index contributed by atoms with van der Waals surface area (Å²) < 4.78 is 4.71. The second-order valence-electron chi connectivity index (χ2n) is 2.82. The summed E-state index contributed by atoms with van der Waals surface area (Å²) in [5.74, 6) is -3.36. The smallest absolute Gasteiger partial charge is 0.377 e. The Morgan fingerprint density at radius 3 is 2.50 bits per heavy atom. The number of ketones is 1. The van der Waals surface area contributed by atoms with Crippen molar-refractivity contribution in [3.8, 4) is 17.6 Å². The van der Waals surface area contributed by atoms with Crippen LogP contribution in [0.4, 0.5) is 0 Å². The lowest BCUT2D eigenvalue weighted by Gasteiger charge is -2.06. The molecule has 16 heavy (non-hydrogen) atoms. The molecule has 1 rings (SSSR count). The quantitative estimate of drug-likeness (QED) is 0.569. The molecule has 0 aliphatic heterocycles. The van der Waals surface area contributed by atoms with Crippen molar-refractivity contribution >= 4 is 11.8 Å². The SMILES string of the molecule is COc1cc(C(=O)C(=O)O)cc(C#N)c1O. The van der Waals surface area contributed by atoms with Crippen LogP contribution in [0.3, 0.4) is 0 Å². The predicted molar refractivity (Wildman–Crippen MR) is 51.3 cm³/mol. The Kier molecular flexibility index (Phi) is 3.11. The molecule has 0 atom stereocenters. The highest BCUT2D eigenvalue weighted by molar-refractivity contribution is 6.40. The van der Waals surface area contributed by atoms with Crippen LogP contribution in [0.1, 0.15) is 15.9 Å². The number of Topliss-reactive ketones (excluding diaryl/α,β-unsaturated/α-hetero) is 1. The molecule has 0 aliphatic carbocycles. The van der Waals surface area contributed by atoms with Crippen LogP contribution in [0, 0.1) is 11.3 Å². The first-order chi connectivity index (χ1) is 7.51. The molecule has 0 fully saturated rings. The second kappa shape index (κ2) is 4.31. The van der Waals surface area contributed by atoms with E-state index in [4.69, 9.17) is 15.1 Å². The third kappa shape index (κ3) is 1.93. The highest BCUT2D eigenvalue weighted by atomic mass is 16.5. The van der Waals surface area contributed by atoms with Crippen LogP contribution in [-0.4, -0.2) is 29.1 Å². The van der Waals surface area contributed by atoms with Crippen LogP contribution in [0.5, 0.6) is 11.5 Å². The maximum absolute atomic E-state index is 11.1. The van der Waals surface area contributed by atoms with E-state index in [0.29, 0.717) is 0 Å². The fraction of sp³-hybridized carbons (Fsp3) is 0.100. The third-order valence-electron chi connectivity index (χ3n) is 1.87. The van der Waals surface area contributed by atoms with E-state index in [1.54, 1.807) is 6.07 Å². The first-order valence-corrected chi connectivity index (χ1v) is 4.10. The lowest BCUT2D eigenvalue weighted by molar-refractivity contribution is -0.131. The number of carbonyl (C=O) groups excluding carboxylic acids is 1.